The molecule has 2 aromatic carbocycles. The van der Waals surface area contributed by atoms with Crippen molar-refractivity contribution < 1.29 is 13.5 Å². The van der Waals surface area contributed by atoms with Crippen molar-refractivity contribution in [3.63, 3.8) is 0 Å². The maximum atomic E-state index is 13.0. The molecular formula is C18H13ClF2N2O2S. The third-order valence-electron chi connectivity index (χ3n) is 3.46. The Bertz CT molecular complexity index is 991. The van der Waals surface area contributed by atoms with Crippen molar-refractivity contribution in [2.24, 2.45) is 0 Å². The fourth-order valence-corrected chi connectivity index (χ4v) is 3.39. The summed E-state index contributed by atoms with van der Waals surface area (Å²) in [5.41, 5.74) is 2.25. The van der Waals surface area contributed by atoms with Gasteiger partial charge in [0, 0.05) is 11.3 Å². The second-order valence-electron chi connectivity index (χ2n) is 5.10. The maximum absolute atomic E-state index is 13.0. The first-order valence-corrected chi connectivity index (χ1v) is 8.97. The van der Waals surface area contributed by atoms with Crippen molar-refractivity contribution in [3.8, 4) is 11.4 Å². The Morgan fingerprint density at radius 2 is 1.92 bits per heavy atom. The summed E-state index contributed by atoms with van der Waals surface area (Å²) < 4.78 is 30.4. The number of hydrogen-bond donors (Lipinski definition) is 0. The molecule has 0 aliphatic rings. The number of para-hydroxylation sites is 1. The molecule has 0 radical (unpaired) electrons. The Labute approximate surface area is 157 Å². The standard InChI is InChI=1S/C18H13ClF2N2O2S/c19-10-3-11-26-18-22-15-5-2-1-4-14(15)16(24)23(18)12-6-8-13(9-7-12)25-17(20)21/h1-10,17H,11H2/b10-3+. The SMILES string of the molecule is O=c1c2ccccc2nc(SC/C=C/Cl)n1-c1ccc(OC(F)F)cc1. The lowest BCUT2D eigenvalue weighted by molar-refractivity contribution is -0.0498. The topological polar surface area (TPSA) is 44.1 Å². The van der Waals surface area contributed by atoms with Crippen LogP contribution >= 0.6 is 23.4 Å². The molecule has 0 saturated carbocycles. The summed E-state index contributed by atoms with van der Waals surface area (Å²) in [6, 6.07) is 12.9. The molecule has 1 heterocycles. The van der Waals surface area contributed by atoms with Crippen LogP contribution in [0.2, 0.25) is 0 Å². The Morgan fingerprint density at radius 3 is 2.62 bits per heavy atom. The second kappa shape index (κ2) is 8.33. The van der Waals surface area contributed by atoms with Crippen molar-refractivity contribution >= 4 is 34.3 Å². The van der Waals surface area contributed by atoms with Crippen molar-refractivity contribution in [2.45, 2.75) is 11.8 Å². The van der Waals surface area contributed by atoms with Crippen LogP contribution in [0.3, 0.4) is 0 Å². The zero-order valence-electron chi connectivity index (χ0n) is 13.3. The number of hydrogen-bond acceptors (Lipinski definition) is 4. The molecule has 1 aromatic heterocycles. The number of alkyl halides is 2. The monoisotopic (exact) mass is 394 g/mol. The molecule has 0 atom stereocenters. The van der Waals surface area contributed by atoms with E-state index in [4.69, 9.17) is 11.6 Å². The van der Waals surface area contributed by atoms with Gasteiger partial charge >= 0.3 is 6.61 Å². The largest absolute Gasteiger partial charge is 0.435 e. The lowest BCUT2D eigenvalue weighted by atomic mass is 10.2. The van der Waals surface area contributed by atoms with Crippen LogP contribution in [0.1, 0.15) is 0 Å². The highest BCUT2D eigenvalue weighted by Crippen LogP contribution is 2.23. The van der Waals surface area contributed by atoms with Crippen molar-refractivity contribution in [1.82, 2.24) is 9.55 Å². The van der Waals surface area contributed by atoms with Gasteiger partial charge in [-0.15, -0.1) is 0 Å². The second-order valence-corrected chi connectivity index (χ2v) is 6.34. The van der Waals surface area contributed by atoms with Gasteiger partial charge in [-0.05, 0) is 36.4 Å². The van der Waals surface area contributed by atoms with Gasteiger partial charge in [0.05, 0.1) is 16.6 Å². The summed E-state index contributed by atoms with van der Waals surface area (Å²) in [6.07, 6.45) is 1.73. The van der Waals surface area contributed by atoms with Crippen LogP contribution in [0.15, 0.2) is 70.1 Å². The minimum absolute atomic E-state index is 0.0184. The molecule has 0 aliphatic heterocycles. The average Bonchev–Trinajstić information content (AvgIpc) is 2.63. The van der Waals surface area contributed by atoms with Crippen LogP contribution in [0.25, 0.3) is 16.6 Å². The average molecular weight is 395 g/mol. The Kier molecular flexibility index (Phi) is 5.90. The number of thioether (sulfide) groups is 1. The number of nitrogens with zero attached hydrogens (tertiary/aromatic N) is 2. The number of halogens is 3. The fourth-order valence-electron chi connectivity index (χ4n) is 2.37. The molecule has 0 fully saturated rings. The molecule has 26 heavy (non-hydrogen) atoms. The minimum Gasteiger partial charge on any atom is -0.435 e. The van der Waals surface area contributed by atoms with Crippen LogP contribution in [0, 0.1) is 0 Å². The summed E-state index contributed by atoms with van der Waals surface area (Å²) in [7, 11) is 0. The summed E-state index contributed by atoms with van der Waals surface area (Å²) >= 11 is 6.89. The predicted molar refractivity (Wildman–Crippen MR) is 99.7 cm³/mol. The van der Waals surface area contributed by atoms with E-state index in [2.05, 4.69) is 9.72 Å². The summed E-state index contributed by atoms with van der Waals surface area (Å²) in [6.45, 7) is -2.90. The molecule has 4 nitrogen and oxygen atoms in total. The molecule has 0 aliphatic carbocycles. The van der Waals surface area contributed by atoms with Crippen LogP contribution in [0.5, 0.6) is 5.75 Å². The first-order valence-electron chi connectivity index (χ1n) is 7.55. The number of benzene rings is 2. The van der Waals surface area contributed by atoms with E-state index in [0.29, 0.717) is 27.5 Å². The van der Waals surface area contributed by atoms with Gasteiger partial charge in [-0.2, -0.15) is 8.78 Å². The molecule has 134 valence electrons. The van der Waals surface area contributed by atoms with E-state index < -0.39 is 6.61 Å². The third-order valence-corrected chi connectivity index (χ3v) is 4.53. The van der Waals surface area contributed by atoms with Gasteiger partial charge in [0.2, 0.25) is 0 Å². The molecule has 0 spiro atoms. The molecule has 0 amide bonds. The van der Waals surface area contributed by atoms with E-state index in [1.165, 1.54) is 46.1 Å². The van der Waals surface area contributed by atoms with E-state index in [0.717, 1.165) is 0 Å². The summed E-state index contributed by atoms with van der Waals surface area (Å²) in [5, 5.41) is 0.948. The van der Waals surface area contributed by atoms with Gasteiger partial charge in [0.1, 0.15) is 5.75 Å². The van der Waals surface area contributed by atoms with E-state index in [-0.39, 0.29) is 11.3 Å². The van der Waals surface area contributed by atoms with E-state index >= 15 is 0 Å². The number of aromatic nitrogens is 2. The first kappa shape index (κ1) is 18.4. The lowest BCUT2D eigenvalue weighted by Gasteiger charge is -2.13. The van der Waals surface area contributed by atoms with Crippen LogP contribution < -0.4 is 10.3 Å². The molecule has 3 aromatic rings. The highest BCUT2D eigenvalue weighted by atomic mass is 35.5. The summed E-state index contributed by atoms with van der Waals surface area (Å²) in [5.74, 6) is 0.547. The first-order chi connectivity index (χ1) is 12.6. The van der Waals surface area contributed by atoms with E-state index in [1.807, 2.05) is 6.07 Å². The zero-order valence-corrected chi connectivity index (χ0v) is 14.9. The normalized spacial score (nSPS) is 11.5. The Balaban J connectivity index is 2.11. The molecule has 3 rings (SSSR count). The van der Waals surface area contributed by atoms with Crippen molar-refractivity contribution in [3.05, 3.63) is 70.5 Å². The molecule has 8 heteroatoms. The molecule has 0 saturated heterocycles. The maximum Gasteiger partial charge on any atom is 0.387 e. The van der Waals surface area contributed by atoms with Crippen molar-refractivity contribution in [2.75, 3.05) is 5.75 Å². The number of ether oxygens (including phenoxy) is 1. The molecule has 0 bridgehead atoms. The van der Waals surface area contributed by atoms with Gasteiger partial charge in [0.25, 0.3) is 5.56 Å². The van der Waals surface area contributed by atoms with E-state index in [1.54, 1.807) is 24.3 Å². The minimum atomic E-state index is -2.90. The van der Waals surface area contributed by atoms with Crippen molar-refractivity contribution in [1.29, 1.82) is 0 Å². The van der Waals surface area contributed by atoms with Gasteiger partial charge in [0.15, 0.2) is 5.16 Å². The molecule has 0 N–H and O–H groups in total. The van der Waals surface area contributed by atoms with Gasteiger partial charge in [-0.3, -0.25) is 9.36 Å². The number of fused-ring (bicyclic) bond motifs is 1. The summed E-state index contributed by atoms with van der Waals surface area (Å²) in [4.78, 5) is 17.5. The highest BCUT2D eigenvalue weighted by molar-refractivity contribution is 7.99. The van der Waals surface area contributed by atoms with E-state index in [9.17, 15) is 13.6 Å². The van der Waals surface area contributed by atoms with Gasteiger partial charge in [-0.1, -0.05) is 41.6 Å². The van der Waals surface area contributed by atoms with Crippen LogP contribution in [-0.2, 0) is 0 Å². The fraction of sp³-hybridized carbons (Fsp3) is 0.111. The van der Waals surface area contributed by atoms with Gasteiger partial charge < -0.3 is 4.74 Å². The highest BCUT2D eigenvalue weighted by Gasteiger charge is 2.13. The van der Waals surface area contributed by atoms with Gasteiger partial charge in [-0.25, -0.2) is 4.98 Å². The number of rotatable bonds is 6. The Morgan fingerprint density at radius 1 is 1.19 bits per heavy atom. The molecule has 0 unspecified atom stereocenters. The molecular weight excluding hydrogens is 382 g/mol. The quantitative estimate of drug-likeness (QED) is 0.443. The lowest BCUT2D eigenvalue weighted by Crippen LogP contribution is -2.21. The predicted octanol–water partition coefficient (Wildman–Crippen LogP) is 4.83. The Hall–Kier alpha value is -2.38. The zero-order chi connectivity index (χ0) is 18.5. The van der Waals surface area contributed by atoms with Crippen LogP contribution in [-0.4, -0.2) is 21.9 Å². The third kappa shape index (κ3) is 4.05. The smallest absolute Gasteiger partial charge is 0.387 e. The van der Waals surface area contributed by atoms with Crippen LogP contribution in [0.4, 0.5) is 8.78 Å².